The number of nitroso groups, excluding NO2 is 1. The van der Waals surface area contributed by atoms with Crippen molar-refractivity contribution in [2.75, 3.05) is 19.6 Å². The van der Waals surface area contributed by atoms with Gasteiger partial charge in [-0.1, -0.05) is 118 Å². The smallest absolute Gasteiger partial charge is 0.135 e. The van der Waals surface area contributed by atoms with Gasteiger partial charge in [-0.2, -0.15) is 4.91 Å². The molecule has 2 aliphatic rings. The van der Waals surface area contributed by atoms with Gasteiger partial charge in [0, 0.05) is 53.3 Å². The maximum absolute atomic E-state index is 11.6. The largest absolute Gasteiger partial charge is 0.297 e. The van der Waals surface area contributed by atoms with Crippen molar-refractivity contribution in [1.29, 1.82) is 0 Å². The lowest BCUT2D eigenvalue weighted by atomic mass is 9.69. The number of aliphatic imine (C=N–C) groups is 1. The van der Waals surface area contributed by atoms with Crippen LogP contribution in [-0.4, -0.2) is 42.9 Å². The fourth-order valence-corrected chi connectivity index (χ4v) is 5.69. The van der Waals surface area contributed by atoms with Crippen LogP contribution in [0.15, 0.2) is 86.0 Å². The van der Waals surface area contributed by atoms with E-state index in [-0.39, 0.29) is 28.8 Å². The van der Waals surface area contributed by atoms with Crippen LogP contribution in [0.3, 0.4) is 0 Å². The highest BCUT2D eigenvalue weighted by Gasteiger charge is 2.37. The lowest BCUT2D eigenvalue weighted by molar-refractivity contribution is 0.0180. The molecule has 0 bridgehead atoms. The monoisotopic (exact) mass is 572 g/mol. The van der Waals surface area contributed by atoms with Crippen molar-refractivity contribution < 1.29 is 4.84 Å². The molecule has 2 aliphatic carbocycles. The number of allylic oxidation sites excluding steroid dienone is 4. The van der Waals surface area contributed by atoms with Gasteiger partial charge < -0.3 is 0 Å². The molecule has 0 saturated carbocycles. The molecule has 0 heterocycles. The number of nitrogens with two attached hydrogens (primary N) is 1. The van der Waals surface area contributed by atoms with Gasteiger partial charge in [0.15, 0.2) is 0 Å². The minimum absolute atomic E-state index is 0.0116. The van der Waals surface area contributed by atoms with Crippen LogP contribution in [-0.2, 0) is 11.4 Å². The van der Waals surface area contributed by atoms with E-state index in [0.29, 0.717) is 36.2 Å². The van der Waals surface area contributed by atoms with Crippen LogP contribution in [0, 0.1) is 27.6 Å². The van der Waals surface area contributed by atoms with Gasteiger partial charge in [-0.3, -0.25) is 14.7 Å². The number of nitrogens with zero attached hydrogens (tertiary/aromatic N) is 3. The second-order valence-corrected chi connectivity index (χ2v) is 13.4. The van der Waals surface area contributed by atoms with Crippen LogP contribution in [0.25, 0.3) is 0 Å². The highest BCUT2D eigenvalue weighted by molar-refractivity contribution is 6.35. The molecule has 1 aromatic carbocycles. The Bertz CT molecular complexity index is 1140. The predicted molar refractivity (Wildman–Crippen MR) is 164 cm³/mol. The fraction of sp³-hybridized carbons (Fsp3) is 0.516. The molecule has 2 N–H and O–H groups in total. The van der Waals surface area contributed by atoms with Crippen molar-refractivity contribution in [2.45, 2.75) is 60.2 Å². The summed E-state index contributed by atoms with van der Waals surface area (Å²) in [7, 11) is 0. The van der Waals surface area contributed by atoms with Crippen molar-refractivity contribution in [3.8, 4) is 0 Å². The average molecular weight is 574 g/mol. The third-order valence-electron chi connectivity index (χ3n) is 7.30. The van der Waals surface area contributed by atoms with Gasteiger partial charge in [0.05, 0.1) is 6.54 Å². The molecular weight excluding hydrogens is 531 g/mol. The summed E-state index contributed by atoms with van der Waals surface area (Å²) in [6, 6.07) is 9.57. The Morgan fingerprint density at radius 1 is 1.05 bits per heavy atom. The number of rotatable bonds is 10. The van der Waals surface area contributed by atoms with E-state index in [1.807, 2.05) is 30.5 Å². The molecule has 4 unspecified atom stereocenters. The standard InChI is InChI=1S/C31H42Cl2N4O2/c1-30(2,3)24-14-22(29(39-34)26(16-24)31(4,5)6)18-35-12-13-37(19-21-10-8-7-9-11-21)20-23-15-25(32)17-27(33)28(23)36-38/h7-11,14-18,23,26,28-29H,12-13,19-20,34H2,1-6H3. The van der Waals surface area contributed by atoms with Crippen LogP contribution in [0.4, 0.5) is 0 Å². The van der Waals surface area contributed by atoms with Gasteiger partial charge in [0.1, 0.15) is 12.1 Å². The lowest BCUT2D eigenvalue weighted by Crippen LogP contribution is -2.39. The number of benzene rings is 1. The van der Waals surface area contributed by atoms with Gasteiger partial charge in [0.25, 0.3) is 0 Å². The molecule has 8 heteroatoms. The second kappa shape index (κ2) is 13.5. The fourth-order valence-electron chi connectivity index (χ4n) is 5.03. The Morgan fingerprint density at radius 2 is 1.74 bits per heavy atom. The zero-order valence-corrected chi connectivity index (χ0v) is 25.4. The minimum atomic E-state index is -0.650. The summed E-state index contributed by atoms with van der Waals surface area (Å²) >= 11 is 12.6. The SMILES string of the molecule is CC(C)(C)C1=CC(C(C)(C)C)C(ON)C(C=NCCN(Cc2ccccc2)CC2C=C(Cl)C=C(Cl)C2N=O)=C1. The molecule has 3 rings (SSSR count). The summed E-state index contributed by atoms with van der Waals surface area (Å²) in [6.45, 7) is 15.8. The normalized spacial score (nSPS) is 24.4. The minimum Gasteiger partial charge on any atom is -0.297 e. The van der Waals surface area contributed by atoms with Crippen LogP contribution >= 0.6 is 23.2 Å². The Kier molecular flexibility index (Phi) is 10.9. The topological polar surface area (TPSA) is 80.3 Å². The summed E-state index contributed by atoms with van der Waals surface area (Å²) in [6.07, 6.45) is 9.55. The molecule has 0 radical (unpaired) electrons. The van der Waals surface area contributed by atoms with E-state index in [4.69, 9.17) is 38.9 Å². The first kappa shape index (κ1) is 31.4. The first-order chi connectivity index (χ1) is 18.3. The van der Waals surface area contributed by atoms with Gasteiger partial charge in [0.2, 0.25) is 0 Å². The van der Waals surface area contributed by atoms with Gasteiger partial charge >= 0.3 is 0 Å². The zero-order chi connectivity index (χ0) is 28.8. The predicted octanol–water partition coefficient (Wildman–Crippen LogP) is 7.40. The van der Waals surface area contributed by atoms with E-state index >= 15 is 0 Å². The van der Waals surface area contributed by atoms with E-state index in [1.54, 1.807) is 6.08 Å². The molecule has 39 heavy (non-hydrogen) atoms. The molecule has 1 aromatic rings. The Balaban J connectivity index is 1.79. The van der Waals surface area contributed by atoms with Crippen LogP contribution < -0.4 is 5.90 Å². The third kappa shape index (κ3) is 8.70. The summed E-state index contributed by atoms with van der Waals surface area (Å²) in [5.74, 6) is 5.72. The Hall–Kier alpha value is -2.09. The summed E-state index contributed by atoms with van der Waals surface area (Å²) < 4.78 is 0. The molecule has 0 amide bonds. The van der Waals surface area contributed by atoms with Crippen molar-refractivity contribution in [2.24, 2.45) is 38.7 Å². The lowest BCUT2D eigenvalue weighted by Gasteiger charge is -2.39. The number of halogens is 2. The summed E-state index contributed by atoms with van der Waals surface area (Å²) in [4.78, 5) is 24.2. The van der Waals surface area contributed by atoms with E-state index < -0.39 is 6.04 Å². The van der Waals surface area contributed by atoms with E-state index in [1.165, 1.54) is 11.1 Å². The third-order valence-corrected chi connectivity index (χ3v) is 7.87. The molecule has 0 fully saturated rings. The zero-order valence-electron chi connectivity index (χ0n) is 23.9. The van der Waals surface area contributed by atoms with Crippen molar-refractivity contribution >= 4 is 29.4 Å². The van der Waals surface area contributed by atoms with Gasteiger partial charge in [-0.05, 0) is 28.0 Å². The molecule has 4 atom stereocenters. The molecule has 0 aromatic heterocycles. The van der Waals surface area contributed by atoms with Gasteiger partial charge in [-0.25, -0.2) is 5.90 Å². The van der Waals surface area contributed by atoms with Crippen molar-refractivity contribution in [3.63, 3.8) is 0 Å². The highest BCUT2D eigenvalue weighted by Crippen LogP contribution is 2.41. The number of hydrogen-bond donors (Lipinski definition) is 1. The maximum Gasteiger partial charge on any atom is 0.135 e. The van der Waals surface area contributed by atoms with Crippen molar-refractivity contribution in [1.82, 2.24) is 4.90 Å². The van der Waals surface area contributed by atoms with Crippen molar-refractivity contribution in [3.05, 3.63) is 86.3 Å². The highest BCUT2D eigenvalue weighted by atomic mass is 35.5. The second-order valence-electron chi connectivity index (χ2n) is 12.5. The molecular formula is C31H42Cl2N4O2. The molecule has 0 saturated heterocycles. The van der Waals surface area contributed by atoms with E-state index in [0.717, 1.165) is 5.57 Å². The molecule has 6 nitrogen and oxygen atoms in total. The summed E-state index contributed by atoms with van der Waals surface area (Å²) in [5.41, 5.74) is 3.35. The molecule has 212 valence electrons. The van der Waals surface area contributed by atoms with E-state index in [2.05, 4.69) is 75.9 Å². The number of hydrogen-bond acceptors (Lipinski definition) is 6. The van der Waals surface area contributed by atoms with Crippen LogP contribution in [0.1, 0.15) is 47.1 Å². The van der Waals surface area contributed by atoms with Crippen LogP contribution in [0.2, 0.25) is 0 Å². The molecule has 0 aliphatic heterocycles. The average Bonchev–Trinajstić information content (AvgIpc) is 2.85. The first-order valence-corrected chi connectivity index (χ1v) is 14.2. The Morgan fingerprint density at radius 3 is 2.33 bits per heavy atom. The van der Waals surface area contributed by atoms with Gasteiger partial charge in [-0.15, -0.1) is 0 Å². The molecule has 0 spiro atoms. The summed E-state index contributed by atoms with van der Waals surface area (Å²) in [5, 5.41) is 4.18. The maximum atomic E-state index is 11.6. The Labute approximate surface area is 243 Å². The van der Waals surface area contributed by atoms with Crippen LogP contribution in [0.5, 0.6) is 0 Å². The quantitative estimate of drug-likeness (QED) is 0.180. The van der Waals surface area contributed by atoms with E-state index in [9.17, 15) is 4.91 Å². The first-order valence-electron chi connectivity index (χ1n) is 13.5.